The number of fused-ring (bicyclic) bond motifs is 1. The summed E-state index contributed by atoms with van der Waals surface area (Å²) in [4.78, 5) is 8.95. The molecule has 2 heterocycles. The molecule has 0 aliphatic rings. The molecular weight excluding hydrogens is 369 g/mol. The topological polar surface area (TPSA) is 30.7 Å². The molecule has 0 aliphatic carbocycles. The fraction of sp³-hybridized carbons (Fsp3) is 0.0435. The van der Waals surface area contributed by atoms with Gasteiger partial charge in [0.05, 0.1) is 28.4 Å². The van der Waals surface area contributed by atoms with Crippen LogP contribution in [-0.4, -0.2) is 14.5 Å². The highest BCUT2D eigenvalue weighted by atomic mass is 32.1. The summed E-state index contributed by atoms with van der Waals surface area (Å²) in [6, 6.07) is 21.3. The Labute approximate surface area is 165 Å². The van der Waals surface area contributed by atoms with Gasteiger partial charge in [0.2, 0.25) is 0 Å². The van der Waals surface area contributed by atoms with Crippen LogP contribution in [0.15, 0.2) is 79.3 Å². The molecule has 0 unspecified atom stereocenters. The fourth-order valence-electron chi connectivity index (χ4n) is 3.23. The van der Waals surface area contributed by atoms with Crippen molar-refractivity contribution in [3.8, 4) is 27.5 Å². The first-order chi connectivity index (χ1) is 13.7. The molecule has 5 heteroatoms. The van der Waals surface area contributed by atoms with Gasteiger partial charge in [0, 0.05) is 16.8 Å². The number of rotatable bonds is 3. The van der Waals surface area contributed by atoms with Crippen LogP contribution in [0.5, 0.6) is 0 Å². The zero-order valence-corrected chi connectivity index (χ0v) is 15.9. The molecule has 136 valence electrons. The molecule has 5 rings (SSSR count). The number of halogens is 1. The van der Waals surface area contributed by atoms with E-state index in [1.165, 1.54) is 29.0 Å². The van der Waals surface area contributed by atoms with Gasteiger partial charge in [0.1, 0.15) is 10.8 Å². The molecule has 0 saturated heterocycles. The minimum atomic E-state index is -0.234. The highest BCUT2D eigenvalue weighted by molar-refractivity contribution is 7.21. The van der Waals surface area contributed by atoms with Gasteiger partial charge in [-0.3, -0.25) is 4.57 Å². The van der Waals surface area contributed by atoms with Crippen molar-refractivity contribution in [3.63, 3.8) is 0 Å². The Morgan fingerprint density at radius 1 is 0.893 bits per heavy atom. The van der Waals surface area contributed by atoms with E-state index < -0.39 is 0 Å². The standard InChI is InChI=1S/C23H16FN3S/c1-15-2-4-16(5-3-15)21-13-25-14-27(21)19-9-6-17(7-10-19)23-26-20-11-8-18(24)12-22(20)28-23/h2-14H,1H3. The molecule has 3 nitrogen and oxygen atoms in total. The summed E-state index contributed by atoms with van der Waals surface area (Å²) in [6.07, 6.45) is 3.70. The summed E-state index contributed by atoms with van der Waals surface area (Å²) in [7, 11) is 0. The van der Waals surface area contributed by atoms with Gasteiger partial charge in [-0.25, -0.2) is 14.4 Å². The molecule has 2 aromatic heterocycles. The Morgan fingerprint density at radius 2 is 1.64 bits per heavy atom. The third-order valence-electron chi connectivity index (χ3n) is 4.73. The highest BCUT2D eigenvalue weighted by Crippen LogP contribution is 2.31. The lowest BCUT2D eigenvalue weighted by molar-refractivity contribution is 0.630. The van der Waals surface area contributed by atoms with E-state index >= 15 is 0 Å². The number of aryl methyl sites for hydroxylation is 1. The zero-order chi connectivity index (χ0) is 19.1. The second kappa shape index (κ2) is 6.69. The SMILES string of the molecule is Cc1ccc(-c2cncn2-c2ccc(-c3nc4ccc(F)cc4s3)cc2)cc1. The lowest BCUT2D eigenvalue weighted by Crippen LogP contribution is -1.95. The van der Waals surface area contributed by atoms with Crippen LogP contribution in [0, 0.1) is 12.7 Å². The van der Waals surface area contributed by atoms with Crippen LogP contribution in [0.2, 0.25) is 0 Å². The largest absolute Gasteiger partial charge is 0.299 e. The Morgan fingerprint density at radius 3 is 2.43 bits per heavy atom. The first-order valence-corrected chi connectivity index (χ1v) is 9.75. The van der Waals surface area contributed by atoms with Gasteiger partial charge in [-0.05, 0) is 49.4 Å². The van der Waals surface area contributed by atoms with Crippen molar-refractivity contribution in [2.75, 3.05) is 0 Å². The minimum Gasteiger partial charge on any atom is -0.299 e. The molecule has 0 spiro atoms. The summed E-state index contributed by atoms with van der Waals surface area (Å²) in [6.45, 7) is 2.08. The van der Waals surface area contributed by atoms with Crippen LogP contribution in [0.3, 0.4) is 0 Å². The molecule has 0 N–H and O–H groups in total. The molecule has 5 aromatic rings. The lowest BCUT2D eigenvalue weighted by atomic mass is 10.1. The number of hydrogen-bond donors (Lipinski definition) is 0. The maximum absolute atomic E-state index is 13.4. The number of benzene rings is 3. The second-order valence-corrected chi connectivity index (χ2v) is 7.72. The van der Waals surface area contributed by atoms with Crippen LogP contribution < -0.4 is 0 Å². The average Bonchev–Trinajstić information content (AvgIpc) is 3.35. The zero-order valence-electron chi connectivity index (χ0n) is 15.1. The third kappa shape index (κ3) is 3.00. The van der Waals surface area contributed by atoms with E-state index in [4.69, 9.17) is 0 Å². The quantitative estimate of drug-likeness (QED) is 0.367. The summed E-state index contributed by atoms with van der Waals surface area (Å²) < 4.78 is 16.4. The Hall–Kier alpha value is -3.31. The number of nitrogens with zero attached hydrogens (tertiary/aromatic N) is 3. The van der Waals surface area contributed by atoms with Gasteiger partial charge >= 0.3 is 0 Å². The predicted molar refractivity (Wildman–Crippen MR) is 112 cm³/mol. The molecule has 0 atom stereocenters. The van der Waals surface area contributed by atoms with E-state index in [2.05, 4.69) is 57.9 Å². The molecule has 0 radical (unpaired) electrons. The smallest absolute Gasteiger partial charge is 0.124 e. The Kier molecular flexibility index (Phi) is 4.02. The van der Waals surface area contributed by atoms with E-state index in [-0.39, 0.29) is 5.82 Å². The minimum absolute atomic E-state index is 0.234. The van der Waals surface area contributed by atoms with Gasteiger partial charge in [0.15, 0.2) is 0 Å². The van der Waals surface area contributed by atoms with Crippen molar-refractivity contribution < 1.29 is 4.39 Å². The summed E-state index contributed by atoms with van der Waals surface area (Å²) in [5.74, 6) is -0.234. The predicted octanol–water partition coefficient (Wildman–Crippen LogP) is 6.26. The van der Waals surface area contributed by atoms with Gasteiger partial charge in [0.25, 0.3) is 0 Å². The maximum atomic E-state index is 13.4. The van der Waals surface area contributed by atoms with Gasteiger partial charge in [-0.1, -0.05) is 29.8 Å². The maximum Gasteiger partial charge on any atom is 0.124 e. The van der Waals surface area contributed by atoms with Crippen molar-refractivity contribution in [1.82, 2.24) is 14.5 Å². The van der Waals surface area contributed by atoms with Gasteiger partial charge < -0.3 is 0 Å². The van der Waals surface area contributed by atoms with E-state index in [0.717, 1.165) is 37.7 Å². The van der Waals surface area contributed by atoms with Crippen LogP contribution >= 0.6 is 11.3 Å². The summed E-state index contributed by atoms with van der Waals surface area (Å²) >= 11 is 1.50. The van der Waals surface area contributed by atoms with Crippen molar-refractivity contribution in [3.05, 3.63) is 90.6 Å². The molecule has 28 heavy (non-hydrogen) atoms. The average molecular weight is 385 g/mol. The van der Waals surface area contributed by atoms with E-state index in [9.17, 15) is 4.39 Å². The monoisotopic (exact) mass is 385 g/mol. The fourth-order valence-corrected chi connectivity index (χ4v) is 4.22. The summed E-state index contributed by atoms with van der Waals surface area (Å²) in [5.41, 5.74) is 6.27. The first kappa shape index (κ1) is 16.8. The van der Waals surface area contributed by atoms with Crippen molar-refractivity contribution in [1.29, 1.82) is 0 Å². The number of aromatic nitrogens is 3. The lowest BCUT2D eigenvalue weighted by Gasteiger charge is -2.09. The molecule has 3 aromatic carbocycles. The van der Waals surface area contributed by atoms with Crippen LogP contribution in [0.25, 0.3) is 37.7 Å². The molecular formula is C23H16FN3S. The number of hydrogen-bond acceptors (Lipinski definition) is 3. The van der Waals surface area contributed by atoms with Crippen molar-refractivity contribution in [2.45, 2.75) is 6.92 Å². The van der Waals surface area contributed by atoms with E-state index in [0.29, 0.717) is 0 Å². The second-order valence-electron chi connectivity index (χ2n) is 6.69. The van der Waals surface area contributed by atoms with E-state index in [1.54, 1.807) is 6.07 Å². The number of thiazole rings is 1. The third-order valence-corrected chi connectivity index (χ3v) is 5.80. The van der Waals surface area contributed by atoms with Gasteiger partial charge in [-0.2, -0.15) is 0 Å². The highest BCUT2D eigenvalue weighted by Gasteiger charge is 2.10. The molecule has 0 bridgehead atoms. The molecule has 0 aliphatic heterocycles. The van der Waals surface area contributed by atoms with Gasteiger partial charge in [-0.15, -0.1) is 11.3 Å². The normalized spacial score (nSPS) is 11.2. The molecule has 0 amide bonds. The number of imidazole rings is 1. The summed E-state index contributed by atoms with van der Waals surface area (Å²) in [5, 5.41) is 0.886. The van der Waals surface area contributed by atoms with Crippen LogP contribution in [-0.2, 0) is 0 Å². The van der Waals surface area contributed by atoms with Crippen molar-refractivity contribution in [2.24, 2.45) is 0 Å². The molecule has 0 fully saturated rings. The van der Waals surface area contributed by atoms with Crippen molar-refractivity contribution >= 4 is 21.6 Å². The molecule has 0 saturated carbocycles. The van der Waals surface area contributed by atoms with Crippen LogP contribution in [0.1, 0.15) is 5.56 Å². The Bertz CT molecular complexity index is 1270. The first-order valence-electron chi connectivity index (χ1n) is 8.94. The Balaban J connectivity index is 1.50. The van der Waals surface area contributed by atoms with Crippen LogP contribution in [0.4, 0.5) is 4.39 Å². The van der Waals surface area contributed by atoms with E-state index in [1.807, 2.05) is 24.7 Å².